The highest BCUT2D eigenvalue weighted by atomic mass is 19.1. The van der Waals surface area contributed by atoms with E-state index in [1.54, 1.807) is 12.1 Å². The van der Waals surface area contributed by atoms with Crippen LogP contribution in [0, 0.1) is 11.7 Å². The van der Waals surface area contributed by atoms with Crippen LogP contribution in [0.4, 0.5) is 4.39 Å². The minimum Gasteiger partial charge on any atom is -0.482 e. The lowest BCUT2D eigenvalue weighted by atomic mass is 9.98. The Balaban J connectivity index is 1.62. The second-order valence-corrected chi connectivity index (χ2v) is 5.83. The highest BCUT2D eigenvalue weighted by molar-refractivity contribution is 5.92. The summed E-state index contributed by atoms with van der Waals surface area (Å²) in [5.41, 5.74) is 0.0816. The Morgan fingerprint density at radius 1 is 1.40 bits per heavy atom. The van der Waals surface area contributed by atoms with E-state index in [-0.39, 0.29) is 36.3 Å². The van der Waals surface area contributed by atoms with Crippen molar-refractivity contribution in [1.29, 1.82) is 0 Å². The number of carboxylic acids is 1. The predicted molar refractivity (Wildman–Crippen MR) is 83.5 cm³/mol. The molecule has 1 saturated heterocycles. The third kappa shape index (κ3) is 3.96. The van der Waals surface area contributed by atoms with Gasteiger partial charge in [-0.15, -0.1) is 0 Å². The van der Waals surface area contributed by atoms with Gasteiger partial charge in [-0.05, 0) is 25.0 Å². The lowest BCUT2D eigenvalue weighted by molar-refractivity contribution is -0.143. The number of likely N-dealkylation sites (tertiary alicyclic amines) is 1. The van der Waals surface area contributed by atoms with Crippen molar-refractivity contribution >= 4 is 11.9 Å². The monoisotopic (exact) mass is 348 g/mol. The number of carbonyl (C=O) groups excluding carboxylic acids is 1. The first-order valence-corrected chi connectivity index (χ1v) is 7.89. The van der Waals surface area contributed by atoms with E-state index < -0.39 is 17.7 Å². The molecule has 1 amide bonds. The minimum absolute atomic E-state index is 0.0705. The van der Waals surface area contributed by atoms with Gasteiger partial charge in [0.2, 0.25) is 0 Å². The minimum atomic E-state index is -0.906. The van der Waals surface area contributed by atoms with E-state index >= 15 is 0 Å². The van der Waals surface area contributed by atoms with Gasteiger partial charge >= 0.3 is 5.97 Å². The number of aliphatic carboxylic acids is 1. The highest BCUT2D eigenvalue weighted by Gasteiger charge is 2.30. The molecule has 0 spiro atoms. The number of carboxylic acid groups (broad SMARTS) is 1. The van der Waals surface area contributed by atoms with Gasteiger partial charge in [-0.1, -0.05) is 17.3 Å². The maximum Gasteiger partial charge on any atom is 0.308 e. The molecule has 2 aromatic rings. The summed E-state index contributed by atoms with van der Waals surface area (Å²) in [4.78, 5) is 25.0. The summed E-state index contributed by atoms with van der Waals surface area (Å²) >= 11 is 0. The molecule has 1 atom stereocenters. The van der Waals surface area contributed by atoms with E-state index in [1.165, 1.54) is 23.1 Å². The number of piperidine rings is 1. The van der Waals surface area contributed by atoms with Crippen LogP contribution in [0.1, 0.15) is 29.1 Å². The summed E-state index contributed by atoms with van der Waals surface area (Å²) in [6.45, 7) is 0.567. The topological polar surface area (TPSA) is 92.9 Å². The van der Waals surface area contributed by atoms with Crippen LogP contribution < -0.4 is 4.74 Å². The Hall–Kier alpha value is -2.90. The number of aromatic nitrogens is 1. The third-order valence-corrected chi connectivity index (χ3v) is 4.04. The summed E-state index contributed by atoms with van der Waals surface area (Å²) in [7, 11) is 0. The molecule has 0 saturated carbocycles. The van der Waals surface area contributed by atoms with E-state index in [1.807, 2.05) is 0 Å². The number of benzene rings is 1. The average Bonchev–Trinajstić information content (AvgIpc) is 3.09. The maximum atomic E-state index is 13.5. The Labute approximate surface area is 143 Å². The van der Waals surface area contributed by atoms with Gasteiger partial charge in [0.1, 0.15) is 6.61 Å². The normalized spacial score (nSPS) is 17.3. The smallest absolute Gasteiger partial charge is 0.308 e. The second-order valence-electron chi connectivity index (χ2n) is 5.83. The average molecular weight is 348 g/mol. The number of amides is 1. The predicted octanol–water partition coefficient (Wildman–Crippen LogP) is 2.33. The first-order valence-electron chi connectivity index (χ1n) is 7.89. The SMILES string of the molecule is O=C(O)[C@H]1CCCN(C(=O)c2cc(COc3ccccc3F)on2)C1. The first-order chi connectivity index (χ1) is 12.0. The van der Waals surface area contributed by atoms with Crippen LogP contribution >= 0.6 is 0 Å². The van der Waals surface area contributed by atoms with Crippen molar-refractivity contribution in [2.75, 3.05) is 13.1 Å². The summed E-state index contributed by atoms with van der Waals surface area (Å²) in [5.74, 6) is -1.99. The summed E-state index contributed by atoms with van der Waals surface area (Å²) in [6, 6.07) is 7.38. The molecule has 8 heteroatoms. The molecular formula is C17H17FN2O5. The van der Waals surface area contributed by atoms with Crippen molar-refractivity contribution < 1.29 is 28.3 Å². The molecular weight excluding hydrogens is 331 g/mol. The molecule has 1 aromatic heterocycles. The molecule has 3 rings (SSSR count). The molecule has 1 fully saturated rings. The van der Waals surface area contributed by atoms with Gasteiger partial charge in [-0.2, -0.15) is 0 Å². The maximum absolute atomic E-state index is 13.5. The summed E-state index contributed by atoms with van der Waals surface area (Å²) in [5, 5.41) is 12.8. The van der Waals surface area contributed by atoms with Crippen LogP contribution in [0.3, 0.4) is 0 Å². The lowest BCUT2D eigenvalue weighted by Gasteiger charge is -2.29. The fraction of sp³-hybridized carbons (Fsp3) is 0.353. The molecule has 2 heterocycles. The van der Waals surface area contributed by atoms with Crippen molar-refractivity contribution in [3.05, 3.63) is 47.6 Å². The van der Waals surface area contributed by atoms with Crippen LogP contribution in [0.15, 0.2) is 34.9 Å². The number of para-hydroxylation sites is 1. The van der Waals surface area contributed by atoms with E-state index in [0.717, 1.165) is 0 Å². The molecule has 1 aliphatic rings. The number of nitrogens with zero attached hydrogens (tertiary/aromatic N) is 2. The zero-order valence-electron chi connectivity index (χ0n) is 13.4. The van der Waals surface area contributed by atoms with E-state index in [9.17, 15) is 14.0 Å². The zero-order valence-corrected chi connectivity index (χ0v) is 13.4. The number of hydrogen-bond acceptors (Lipinski definition) is 5. The number of ether oxygens (including phenoxy) is 1. The molecule has 0 aliphatic carbocycles. The van der Waals surface area contributed by atoms with Gasteiger partial charge in [-0.3, -0.25) is 9.59 Å². The molecule has 0 bridgehead atoms. The highest BCUT2D eigenvalue weighted by Crippen LogP contribution is 2.20. The fourth-order valence-electron chi connectivity index (χ4n) is 2.72. The zero-order chi connectivity index (χ0) is 17.8. The van der Waals surface area contributed by atoms with Gasteiger partial charge in [-0.25, -0.2) is 4.39 Å². The van der Waals surface area contributed by atoms with E-state index in [0.29, 0.717) is 19.4 Å². The first kappa shape index (κ1) is 16.9. The third-order valence-electron chi connectivity index (χ3n) is 4.04. The number of carbonyl (C=O) groups is 2. The van der Waals surface area contributed by atoms with Gasteiger partial charge in [0.15, 0.2) is 23.0 Å². The Morgan fingerprint density at radius 3 is 2.96 bits per heavy atom. The van der Waals surface area contributed by atoms with Crippen molar-refractivity contribution in [2.45, 2.75) is 19.4 Å². The molecule has 7 nitrogen and oxygen atoms in total. The van der Waals surface area contributed by atoms with Crippen molar-refractivity contribution in [1.82, 2.24) is 10.1 Å². The molecule has 25 heavy (non-hydrogen) atoms. The molecule has 1 N–H and O–H groups in total. The van der Waals surface area contributed by atoms with Crippen LogP contribution in [0.25, 0.3) is 0 Å². The standard InChI is InChI=1S/C17H17FN2O5/c18-13-5-1-2-6-15(13)24-10-12-8-14(19-25-12)16(21)20-7-3-4-11(9-20)17(22)23/h1-2,5-6,8,11H,3-4,7,9-10H2,(H,22,23)/t11-/m0/s1. The van der Waals surface area contributed by atoms with E-state index in [2.05, 4.69) is 5.16 Å². The quantitative estimate of drug-likeness (QED) is 0.891. The van der Waals surface area contributed by atoms with E-state index in [4.69, 9.17) is 14.4 Å². The Kier molecular flexibility index (Phi) is 4.97. The van der Waals surface area contributed by atoms with Crippen molar-refractivity contribution in [3.63, 3.8) is 0 Å². The van der Waals surface area contributed by atoms with Crippen LogP contribution in [0.5, 0.6) is 5.75 Å². The fourth-order valence-corrected chi connectivity index (χ4v) is 2.72. The van der Waals surface area contributed by atoms with Gasteiger partial charge in [0.05, 0.1) is 5.92 Å². The molecule has 0 unspecified atom stereocenters. The van der Waals surface area contributed by atoms with Gasteiger partial charge in [0, 0.05) is 19.2 Å². The second kappa shape index (κ2) is 7.33. The molecule has 1 aliphatic heterocycles. The summed E-state index contributed by atoms with van der Waals surface area (Å²) < 4.78 is 23.8. The number of halogens is 1. The number of rotatable bonds is 5. The van der Waals surface area contributed by atoms with Crippen LogP contribution in [0.2, 0.25) is 0 Å². The largest absolute Gasteiger partial charge is 0.482 e. The Bertz CT molecular complexity index is 776. The van der Waals surface area contributed by atoms with Crippen LogP contribution in [-0.2, 0) is 11.4 Å². The molecule has 132 valence electrons. The summed E-state index contributed by atoms with van der Waals surface area (Å²) in [6.07, 6.45) is 1.18. The van der Waals surface area contributed by atoms with Crippen molar-refractivity contribution in [2.24, 2.45) is 5.92 Å². The van der Waals surface area contributed by atoms with Crippen molar-refractivity contribution in [3.8, 4) is 5.75 Å². The van der Waals surface area contributed by atoms with Gasteiger partial charge in [0.25, 0.3) is 5.91 Å². The van der Waals surface area contributed by atoms with Gasteiger partial charge < -0.3 is 19.3 Å². The number of hydrogen-bond donors (Lipinski definition) is 1. The lowest BCUT2D eigenvalue weighted by Crippen LogP contribution is -2.42. The Morgan fingerprint density at radius 2 is 2.20 bits per heavy atom. The molecule has 0 radical (unpaired) electrons. The van der Waals surface area contributed by atoms with Crippen LogP contribution in [-0.4, -0.2) is 40.1 Å². The molecule has 1 aromatic carbocycles.